The summed E-state index contributed by atoms with van der Waals surface area (Å²) in [6, 6.07) is 8.60. The molecule has 1 amide bonds. The second kappa shape index (κ2) is 6.57. The molecule has 0 atom stereocenters. The first kappa shape index (κ1) is 16.8. The molecule has 8 nitrogen and oxygen atoms in total. The number of amides is 1. The van der Waals surface area contributed by atoms with Crippen LogP contribution < -0.4 is 11.3 Å². The van der Waals surface area contributed by atoms with E-state index in [0.717, 1.165) is 0 Å². The number of rotatable bonds is 4. The number of hydrogen-bond acceptors (Lipinski definition) is 5. The van der Waals surface area contributed by atoms with Gasteiger partial charge in [0.25, 0.3) is 0 Å². The fourth-order valence-corrected chi connectivity index (χ4v) is 2.82. The third-order valence-corrected chi connectivity index (χ3v) is 4.05. The molecule has 0 aliphatic rings. The molecular weight excluding hydrogens is 356 g/mol. The quantitative estimate of drug-likeness (QED) is 0.323. The van der Waals surface area contributed by atoms with E-state index in [9.17, 15) is 13.6 Å². The topological polar surface area (TPSA) is 103 Å². The average molecular weight is 369 g/mol. The van der Waals surface area contributed by atoms with Crippen LogP contribution in [0.5, 0.6) is 0 Å². The van der Waals surface area contributed by atoms with Crippen molar-refractivity contribution >= 4 is 11.6 Å². The number of halogens is 2. The van der Waals surface area contributed by atoms with Crippen molar-refractivity contribution in [1.82, 2.24) is 29.6 Å². The highest BCUT2D eigenvalue weighted by Gasteiger charge is 2.19. The standard InChI is InChI=1S/C17H13F2N7O/c18-11-3-1-10(2-4-11)15-13(25-7-12(19)5-6-14(25)23-15)8-26-16(17(27)24-20)21-9-22-26/h1-7,9H,8,20H2,(H,24,27). The van der Waals surface area contributed by atoms with Crippen LogP contribution in [-0.4, -0.2) is 30.1 Å². The molecule has 0 aliphatic heterocycles. The van der Waals surface area contributed by atoms with Crippen LogP contribution >= 0.6 is 0 Å². The minimum absolute atomic E-state index is 0.00564. The number of nitrogen functional groups attached to an aromatic ring is 1. The number of aromatic nitrogens is 5. The summed E-state index contributed by atoms with van der Waals surface area (Å²) in [7, 11) is 0. The summed E-state index contributed by atoms with van der Waals surface area (Å²) in [5, 5.41) is 4.03. The molecule has 0 fully saturated rings. The van der Waals surface area contributed by atoms with E-state index >= 15 is 0 Å². The number of pyridine rings is 1. The van der Waals surface area contributed by atoms with Crippen LogP contribution in [0, 0.1) is 11.6 Å². The van der Waals surface area contributed by atoms with Crippen LogP contribution in [0.3, 0.4) is 0 Å². The summed E-state index contributed by atoms with van der Waals surface area (Å²) in [6.45, 7) is 0.0695. The molecular formula is C17H13F2N7O. The molecule has 4 rings (SSSR count). The zero-order chi connectivity index (χ0) is 19.0. The fraction of sp³-hybridized carbons (Fsp3) is 0.0588. The van der Waals surface area contributed by atoms with Gasteiger partial charge in [-0.2, -0.15) is 5.10 Å². The Morgan fingerprint density at radius 3 is 2.59 bits per heavy atom. The van der Waals surface area contributed by atoms with E-state index in [-0.39, 0.29) is 18.2 Å². The summed E-state index contributed by atoms with van der Waals surface area (Å²) in [5.41, 5.74) is 4.19. The summed E-state index contributed by atoms with van der Waals surface area (Å²) >= 11 is 0. The maximum atomic E-state index is 13.8. The Kier molecular flexibility index (Phi) is 4.09. The molecule has 0 bridgehead atoms. The Hall–Kier alpha value is -3.66. The van der Waals surface area contributed by atoms with E-state index < -0.39 is 11.7 Å². The molecule has 0 saturated carbocycles. The van der Waals surface area contributed by atoms with Crippen molar-refractivity contribution in [2.24, 2.45) is 5.84 Å². The molecule has 10 heteroatoms. The van der Waals surface area contributed by atoms with Crippen molar-refractivity contribution in [3.8, 4) is 11.3 Å². The van der Waals surface area contributed by atoms with Gasteiger partial charge in [-0.25, -0.2) is 29.3 Å². The molecule has 0 saturated heterocycles. The summed E-state index contributed by atoms with van der Waals surface area (Å²) in [6.07, 6.45) is 2.50. The van der Waals surface area contributed by atoms with Crippen LogP contribution in [0.1, 0.15) is 16.3 Å². The lowest BCUT2D eigenvalue weighted by molar-refractivity contribution is 0.0938. The lowest BCUT2D eigenvalue weighted by Gasteiger charge is -2.08. The third-order valence-electron chi connectivity index (χ3n) is 4.05. The van der Waals surface area contributed by atoms with Crippen molar-refractivity contribution in [1.29, 1.82) is 0 Å². The van der Waals surface area contributed by atoms with Gasteiger partial charge in [-0.1, -0.05) is 0 Å². The number of carbonyl (C=O) groups excluding carboxylic acids is 1. The molecule has 0 aliphatic carbocycles. The smallest absolute Gasteiger partial charge is 0.299 e. The van der Waals surface area contributed by atoms with E-state index in [1.54, 1.807) is 16.5 Å². The van der Waals surface area contributed by atoms with Crippen molar-refractivity contribution < 1.29 is 13.6 Å². The Morgan fingerprint density at radius 2 is 1.85 bits per heavy atom. The largest absolute Gasteiger partial charge is 0.302 e. The Balaban J connectivity index is 1.89. The monoisotopic (exact) mass is 369 g/mol. The predicted octanol–water partition coefficient (Wildman–Crippen LogP) is 1.52. The summed E-state index contributed by atoms with van der Waals surface area (Å²) in [5.74, 6) is 3.71. The number of hydrazine groups is 1. The van der Waals surface area contributed by atoms with E-state index in [1.807, 2.05) is 5.43 Å². The number of imidazole rings is 1. The Morgan fingerprint density at radius 1 is 1.11 bits per heavy atom. The Labute approximate surface area is 151 Å². The van der Waals surface area contributed by atoms with Gasteiger partial charge in [0.05, 0.1) is 17.9 Å². The van der Waals surface area contributed by atoms with Gasteiger partial charge in [-0.15, -0.1) is 0 Å². The SMILES string of the molecule is NNC(=O)c1ncnn1Cc1c(-c2ccc(F)cc2)nc2ccc(F)cn12. The van der Waals surface area contributed by atoms with Gasteiger partial charge < -0.3 is 0 Å². The van der Waals surface area contributed by atoms with Crippen molar-refractivity contribution in [2.45, 2.75) is 6.54 Å². The lowest BCUT2D eigenvalue weighted by Crippen LogP contribution is -2.32. The molecule has 3 heterocycles. The number of fused-ring (bicyclic) bond motifs is 1. The molecule has 4 aromatic rings. The number of nitrogens with two attached hydrogens (primary N) is 1. The maximum absolute atomic E-state index is 13.8. The average Bonchev–Trinajstić information content (AvgIpc) is 3.27. The highest BCUT2D eigenvalue weighted by atomic mass is 19.1. The van der Waals surface area contributed by atoms with Gasteiger partial charge >= 0.3 is 5.91 Å². The zero-order valence-corrected chi connectivity index (χ0v) is 13.8. The minimum Gasteiger partial charge on any atom is -0.299 e. The highest BCUT2D eigenvalue weighted by molar-refractivity contribution is 5.90. The van der Waals surface area contributed by atoms with Crippen LogP contribution in [0.15, 0.2) is 48.9 Å². The lowest BCUT2D eigenvalue weighted by atomic mass is 10.1. The van der Waals surface area contributed by atoms with Crippen LogP contribution in [0.25, 0.3) is 16.9 Å². The van der Waals surface area contributed by atoms with Gasteiger partial charge in [0.1, 0.15) is 23.6 Å². The van der Waals surface area contributed by atoms with Crippen molar-refractivity contribution in [3.63, 3.8) is 0 Å². The minimum atomic E-state index is -0.615. The van der Waals surface area contributed by atoms with E-state index in [4.69, 9.17) is 5.84 Å². The second-order valence-corrected chi connectivity index (χ2v) is 5.70. The molecule has 0 spiro atoms. The number of nitrogens with zero attached hydrogens (tertiary/aromatic N) is 5. The number of hydrogen-bond donors (Lipinski definition) is 2. The molecule has 0 radical (unpaired) electrons. The van der Waals surface area contributed by atoms with E-state index in [0.29, 0.717) is 22.6 Å². The van der Waals surface area contributed by atoms with E-state index in [2.05, 4.69) is 15.1 Å². The zero-order valence-electron chi connectivity index (χ0n) is 13.8. The van der Waals surface area contributed by atoms with Crippen LogP contribution in [-0.2, 0) is 6.54 Å². The van der Waals surface area contributed by atoms with Gasteiger partial charge in [0.15, 0.2) is 0 Å². The van der Waals surface area contributed by atoms with Crippen molar-refractivity contribution in [2.75, 3.05) is 0 Å². The normalized spacial score (nSPS) is 11.1. The third kappa shape index (κ3) is 3.02. The molecule has 27 heavy (non-hydrogen) atoms. The van der Waals surface area contributed by atoms with Gasteiger partial charge in [-0.3, -0.25) is 14.6 Å². The molecule has 3 aromatic heterocycles. The van der Waals surface area contributed by atoms with Crippen LogP contribution in [0.4, 0.5) is 8.78 Å². The molecule has 3 N–H and O–H groups in total. The number of nitrogens with one attached hydrogen (secondary N) is 1. The highest BCUT2D eigenvalue weighted by Crippen LogP contribution is 2.26. The molecule has 0 unspecified atom stereocenters. The first-order valence-electron chi connectivity index (χ1n) is 7.88. The van der Waals surface area contributed by atoms with Gasteiger partial charge in [0, 0.05) is 11.8 Å². The van der Waals surface area contributed by atoms with E-state index in [1.165, 1.54) is 41.5 Å². The van der Waals surface area contributed by atoms with Crippen LogP contribution in [0.2, 0.25) is 0 Å². The summed E-state index contributed by atoms with van der Waals surface area (Å²) < 4.78 is 30.0. The first-order chi connectivity index (χ1) is 13.1. The number of carbonyl (C=O) groups is 1. The number of benzene rings is 1. The molecule has 1 aromatic carbocycles. The second-order valence-electron chi connectivity index (χ2n) is 5.70. The first-order valence-corrected chi connectivity index (χ1v) is 7.88. The summed E-state index contributed by atoms with van der Waals surface area (Å²) in [4.78, 5) is 20.3. The Bertz CT molecular complexity index is 1130. The maximum Gasteiger partial charge on any atom is 0.302 e. The predicted molar refractivity (Wildman–Crippen MR) is 91.3 cm³/mol. The van der Waals surface area contributed by atoms with Gasteiger partial charge in [-0.05, 0) is 36.4 Å². The van der Waals surface area contributed by atoms with Gasteiger partial charge in [0.2, 0.25) is 5.82 Å². The fourth-order valence-electron chi connectivity index (χ4n) is 2.82. The van der Waals surface area contributed by atoms with Crippen molar-refractivity contribution in [3.05, 3.63) is 72.1 Å². The molecule has 136 valence electrons.